The molecule has 0 radical (unpaired) electrons. The molecule has 2 aromatic rings. The Morgan fingerprint density at radius 1 is 0.958 bits per heavy atom. The van der Waals surface area contributed by atoms with Gasteiger partial charge in [0, 0.05) is 63.8 Å². The summed E-state index contributed by atoms with van der Waals surface area (Å²) in [7, 11) is 1.97. The molecule has 1 aliphatic rings. The average Bonchev–Trinajstić information content (AvgIpc) is 2.86. The van der Waals surface area contributed by atoms with Crippen LogP contribution in [0.4, 0.5) is 5.69 Å². The number of piperazine rings is 1. The van der Waals surface area contributed by atoms with Crippen molar-refractivity contribution in [3.05, 3.63) is 47.8 Å². The van der Waals surface area contributed by atoms with Crippen molar-refractivity contribution in [2.75, 3.05) is 31.9 Å². The second-order valence-corrected chi connectivity index (χ2v) is 5.82. The molecule has 3 rings (SSSR count). The Balaban J connectivity index is 0.00000176. The Labute approximate surface area is 162 Å². The second kappa shape index (κ2) is 10.8. The van der Waals surface area contributed by atoms with Crippen LogP contribution in [0.25, 0.3) is 0 Å². The van der Waals surface area contributed by atoms with Crippen LogP contribution in [0.3, 0.4) is 0 Å². The zero-order chi connectivity index (χ0) is 14.7. The number of hydrogen-bond acceptors (Lipinski definition) is 4. The van der Waals surface area contributed by atoms with Crippen molar-refractivity contribution in [1.29, 1.82) is 0 Å². The van der Waals surface area contributed by atoms with Crippen molar-refractivity contribution in [3.63, 3.8) is 0 Å². The van der Waals surface area contributed by atoms with Crippen molar-refractivity contribution in [1.82, 2.24) is 19.6 Å². The third kappa shape index (κ3) is 6.49. The van der Waals surface area contributed by atoms with Gasteiger partial charge in [0.25, 0.3) is 0 Å². The SMILES string of the molecule is Cl.Cl.Cl.Cn1cc(CN2CCN(Cc3cccc(N)c3)CC2)cn1. The van der Waals surface area contributed by atoms with Gasteiger partial charge in [-0.1, -0.05) is 12.1 Å². The fourth-order valence-electron chi connectivity index (χ4n) is 2.87. The predicted octanol–water partition coefficient (Wildman–Crippen LogP) is 2.59. The van der Waals surface area contributed by atoms with Crippen LogP contribution in [0.15, 0.2) is 36.7 Å². The zero-order valence-electron chi connectivity index (χ0n) is 13.8. The van der Waals surface area contributed by atoms with Crippen LogP contribution in [0, 0.1) is 0 Å². The van der Waals surface area contributed by atoms with Crippen LogP contribution in [0.2, 0.25) is 0 Å². The first kappa shape index (κ1) is 23.0. The molecule has 0 bridgehead atoms. The molecule has 2 heterocycles. The lowest BCUT2D eigenvalue weighted by atomic mass is 10.1. The van der Waals surface area contributed by atoms with E-state index in [2.05, 4.69) is 33.2 Å². The lowest BCUT2D eigenvalue weighted by Gasteiger charge is -2.34. The molecular weight excluding hydrogens is 369 g/mol. The molecule has 1 aromatic heterocycles. The summed E-state index contributed by atoms with van der Waals surface area (Å²) in [4.78, 5) is 4.99. The third-order valence-corrected chi connectivity index (χ3v) is 3.99. The van der Waals surface area contributed by atoms with E-state index in [1.54, 1.807) is 0 Å². The van der Waals surface area contributed by atoms with Crippen LogP contribution in [-0.4, -0.2) is 45.8 Å². The van der Waals surface area contributed by atoms with E-state index in [-0.39, 0.29) is 37.2 Å². The van der Waals surface area contributed by atoms with Gasteiger partial charge in [-0.25, -0.2) is 0 Å². The first-order valence-corrected chi connectivity index (χ1v) is 7.46. The lowest BCUT2D eigenvalue weighted by molar-refractivity contribution is 0.122. The maximum Gasteiger partial charge on any atom is 0.0534 e. The number of aromatic nitrogens is 2. The minimum absolute atomic E-state index is 0. The summed E-state index contributed by atoms with van der Waals surface area (Å²) in [6.45, 7) is 6.42. The highest BCUT2D eigenvalue weighted by Crippen LogP contribution is 2.13. The van der Waals surface area contributed by atoms with Crippen LogP contribution < -0.4 is 5.73 Å². The minimum atomic E-state index is 0. The molecule has 0 atom stereocenters. The van der Waals surface area contributed by atoms with Crippen LogP contribution in [-0.2, 0) is 20.1 Å². The van der Waals surface area contributed by atoms with E-state index in [9.17, 15) is 0 Å². The predicted molar refractivity (Wildman–Crippen MR) is 106 cm³/mol. The normalized spacial score (nSPS) is 15.0. The number of hydrogen-bond donors (Lipinski definition) is 1. The van der Waals surface area contributed by atoms with E-state index >= 15 is 0 Å². The summed E-state index contributed by atoms with van der Waals surface area (Å²) >= 11 is 0. The van der Waals surface area contributed by atoms with E-state index in [1.165, 1.54) is 11.1 Å². The first-order chi connectivity index (χ1) is 10.2. The maximum absolute atomic E-state index is 5.84. The van der Waals surface area contributed by atoms with E-state index in [0.717, 1.165) is 45.0 Å². The fraction of sp³-hybridized carbons (Fsp3) is 0.438. The van der Waals surface area contributed by atoms with Crippen molar-refractivity contribution >= 4 is 42.9 Å². The monoisotopic (exact) mass is 393 g/mol. The number of nitrogens with zero attached hydrogens (tertiary/aromatic N) is 4. The largest absolute Gasteiger partial charge is 0.399 e. The lowest BCUT2D eigenvalue weighted by Crippen LogP contribution is -2.45. The summed E-state index contributed by atoms with van der Waals surface area (Å²) < 4.78 is 1.87. The van der Waals surface area contributed by atoms with E-state index in [1.807, 2.05) is 30.1 Å². The van der Waals surface area contributed by atoms with Crippen LogP contribution in [0.1, 0.15) is 11.1 Å². The molecule has 1 fully saturated rings. The minimum Gasteiger partial charge on any atom is -0.399 e. The molecule has 0 amide bonds. The number of aryl methyl sites for hydroxylation is 1. The van der Waals surface area contributed by atoms with E-state index in [0.29, 0.717) is 0 Å². The fourth-order valence-corrected chi connectivity index (χ4v) is 2.87. The van der Waals surface area contributed by atoms with Crippen molar-refractivity contribution < 1.29 is 0 Å². The highest BCUT2D eigenvalue weighted by molar-refractivity contribution is 5.86. The van der Waals surface area contributed by atoms with Gasteiger partial charge in [-0.05, 0) is 17.7 Å². The summed E-state index contributed by atoms with van der Waals surface area (Å²) in [5.41, 5.74) is 9.28. The number of nitrogen functional groups attached to an aromatic ring is 1. The molecule has 0 aliphatic carbocycles. The maximum atomic E-state index is 5.84. The van der Waals surface area contributed by atoms with Gasteiger partial charge in [-0.2, -0.15) is 5.10 Å². The Morgan fingerprint density at radius 3 is 2.04 bits per heavy atom. The highest BCUT2D eigenvalue weighted by Gasteiger charge is 2.17. The summed E-state index contributed by atoms with van der Waals surface area (Å²) in [6, 6.07) is 8.19. The van der Waals surface area contributed by atoms with Crippen molar-refractivity contribution in [2.24, 2.45) is 7.05 Å². The Hall–Kier alpha value is -0.980. The van der Waals surface area contributed by atoms with Crippen LogP contribution >= 0.6 is 37.2 Å². The van der Waals surface area contributed by atoms with Gasteiger partial charge in [0.05, 0.1) is 6.20 Å². The molecule has 2 N–H and O–H groups in total. The highest BCUT2D eigenvalue weighted by atomic mass is 35.5. The molecule has 0 saturated carbocycles. The summed E-state index contributed by atoms with van der Waals surface area (Å²) in [5.74, 6) is 0. The molecular formula is C16H26Cl3N5. The van der Waals surface area contributed by atoms with Gasteiger partial charge in [0.2, 0.25) is 0 Å². The van der Waals surface area contributed by atoms with Crippen LogP contribution in [0.5, 0.6) is 0 Å². The zero-order valence-corrected chi connectivity index (χ0v) is 16.2. The summed E-state index contributed by atoms with van der Waals surface area (Å²) in [5, 5.41) is 4.23. The molecule has 136 valence electrons. The van der Waals surface area contributed by atoms with Gasteiger partial charge in [0.1, 0.15) is 0 Å². The third-order valence-electron chi connectivity index (χ3n) is 3.99. The average molecular weight is 395 g/mol. The second-order valence-electron chi connectivity index (χ2n) is 5.82. The Kier molecular flexibility index (Phi) is 10.4. The topological polar surface area (TPSA) is 50.3 Å². The van der Waals surface area contributed by atoms with Gasteiger partial charge < -0.3 is 5.73 Å². The molecule has 24 heavy (non-hydrogen) atoms. The van der Waals surface area contributed by atoms with Gasteiger partial charge in [0.15, 0.2) is 0 Å². The number of anilines is 1. The molecule has 1 saturated heterocycles. The van der Waals surface area contributed by atoms with E-state index < -0.39 is 0 Å². The summed E-state index contributed by atoms with van der Waals surface area (Å²) in [6.07, 6.45) is 4.05. The van der Waals surface area contributed by atoms with Gasteiger partial charge in [-0.3, -0.25) is 14.5 Å². The van der Waals surface area contributed by atoms with Gasteiger partial charge in [-0.15, -0.1) is 37.2 Å². The van der Waals surface area contributed by atoms with Crippen molar-refractivity contribution in [3.8, 4) is 0 Å². The van der Waals surface area contributed by atoms with Gasteiger partial charge >= 0.3 is 0 Å². The number of halogens is 3. The number of nitrogens with two attached hydrogens (primary N) is 1. The standard InChI is InChI=1S/C16H23N5.3ClH/c1-19-11-15(10-18-19)13-21-7-5-20(6-8-21)12-14-3-2-4-16(17)9-14;;;/h2-4,9-11H,5-8,12-13,17H2,1H3;3*1H. The molecule has 8 heteroatoms. The molecule has 1 aromatic carbocycles. The molecule has 1 aliphatic heterocycles. The molecule has 5 nitrogen and oxygen atoms in total. The quantitative estimate of drug-likeness (QED) is 0.810. The smallest absolute Gasteiger partial charge is 0.0534 e. The number of rotatable bonds is 4. The van der Waals surface area contributed by atoms with E-state index in [4.69, 9.17) is 5.73 Å². The van der Waals surface area contributed by atoms with Crippen molar-refractivity contribution in [2.45, 2.75) is 13.1 Å². The Morgan fingerprint density at radius 2 is 1.54 bits per heavy atom. The molecule has 0 unspecified atom stereocenters. The number of benzene rings is 1. The first-order valence-electron chi connectivity index (χ1n) is 7.46. The molecule has 0 spiro atoms. The Bertz CT molecular complexity index is 597.